The van der Waals surface area contributed by atoms with E-state index in [2.05, 4.69) is 21.2 Å². The maximum Gasteiger partial charge on any atom is 0.426 e. The Labute approximate surface area is 191 Å². The second-order valence-electron chi connectivity index (χ2n) is 8.44. The molecule has 0 radical (unpaired) electrons. The van der Waals surface area contributed by atoms with Crippen LogP contribution >= 0.6 is 0 Å². The Balaban J connectivity index is 1.67. The van der Waals surface area contributed by atoms with Gasteiger partial charge in [-0.25, -0.2) is 15.0 Å². The summed E-state index contributed by atoms with van der Waals surface area (Å²) >= 11 is 0. The number of H-pyrrole nitrogens is 1. The number of carbonyl (C=O) groups excluding carboxylic acids is 3. The summed E-state index contributed by atoms with van der Waals surface area (Å²) in [7, 11) is 0. The molecule has 33 heavy (non-hydrogen) atoms. The fourth-order valence-electron chi connectivity index (χ4n) is 3.14. The smallest absolute Gasteiger partial charge is 0.426 e. The number of para-hydroxylation sites is 1. The first kappa shape index (κ1) is 23.6. The van der Waals surface area contributed by atoms with Crippen LogP contribution in [0.5, 0.6) is 0 Å². The van der Waals surface area contributed by atoms with Gasteiger partial charge in [-0.3, -0.25) is 10.2 Å². The molecule has 0 aliphatic heterocycles. The van der Waals surface area contributed by atoms with Crippen molar-refractivity contribution in [3.8, 4) is 0 Å². The van der Waals surface area contributed by atoms with Crippen LogP contribution in [0.3, 0.4) is 0 Å². The molecule has 2 aromatic carbocycles. The maximum absolute atomic E-state index is 12.8. The lowest BCUT2D eigenvalue weighted by molar-refractivity contribution is -0.124. The van der Waals surface area contributed by atoms with Crippen molar-refractivity contribution in [1.82, 2.24) is 21.2 Å². The molecule has 0 aliphatic carbocycles. The highest BCUT2D eigenvalue weighted by Crippen LogP contribution is 2.19. The highest BCUT2D eigenvalue weighted by Gasteiger charge is 2.25. The van der Waals surface area contributed by atoms with Crippen LogP contribution in [0.25, 0.3) is 10.9 Å². The van der Waals surface area contributed by atoms with E-state index in [0.717, 1.165) is 22.0 Å². The summed E-state index contributed by atoms with van der Waals surface area (Å²) in [6.45, 7) is 5.18. The maximum atomic E-state index is 12.8. The molecule has 1 aromatic heterocycles. The Kier molecular flexibility index (Phi) is 7.55. The second kappa shape index (κ2) is 10.5. The lowest BCUT2D eigenvalue weighted by atomic mass is 10.0. The fraction of sp³-hybridized carbons (Fsp3) is 0.292. The molecular formula is C24H28N4O5. The molecule has 4 N–H and O–H groups in total. The van der Waals surface area contributed by atoms with Crippen molar-refractivity contribution in [3.63, 3.8) is 0 Å². The van der Waals surface area contributed by atoms with Crippen molar-refractivity contribution >= 4 is 29.0 Å². The van der Waals surface area contributed by atoms with Crippen molar-refractivity contribution in [2.24, 2.45) is 0 Å². The molecule has 3 aromatic rings. The number of hydrazine groups is 1. The van der Waals surface area contributed by atoms with Gasteiger partial charge in [-0.05, 0) is 38.0 Å². The van der Waals surface area contributed by atoms with Gasteiger partial charge >= 0.3 is 12.2 Å². The van der Waals surface area contributed by atoms with Gasteiger partial charge in [-0.2, -0.15) is 0 Å². The summed E-state index contributed by atoms with van der Waals surface area (Å²) in [6.07, 6.45) is 0.389. The molecule has 1 atom stereocenters. The van der Waals surface area contributed by atoms with E-state index in [0.29, 0.717) is 0 Å². The summed E-state index contributed by atoms with van der Waals surface area (Å²) in [5, 5.41) is 3.51. The topological polar surface area (TPSA) is 122 Å². The molecule has 1 unspecified atom stereocenters. The fourth-order valence-corrected chi connectivity index (χ4v) is 3.14. The number of carbonyl (C=O) groups is 3. The molecule has 3 amide bonds. The molecule has 9 heteroatoms. The summed E-state index contributed by atoms with van der Waals surface area (Å²) in [4.78, 5) is 40.3. The van der Waals surface area contributed by atoms with E-state index >= 15 is 0 Å². The van der Waals surface area contributed by atoms with Crippen LogP contribution < -0.4 is 16.2 Å². The number of aromatic nitrogens is 1. The Morgan fingerprint density at radius 2 is 1.64 bits per heavy atom. The number of benzene rings is 2. The number of fused-ring (bicyclic) bond motifs is 1. The van der Waals surface area contributed by atoms with Crippen molar-refractivity contribution in [2.75, 3.05) is 0 Å². The second-order valence-corrected chi connectivity index (χ2v) is 8.44. The van der Waals surface area contributed by atoms with Crippen molar-refractivity contribution < 1.29 is 23.9 Å². The molecule has 0 fully saturated rings. The SMILES string of the molecule is CC(C)(C)OC(=O)NNC(=O)C(Cc1c[nH]c2ccccc12)NC(=O)OCc1ccccc1. The van der Waals surface area contributed by atoms with E-state index in [9.17, 15) is 14.4 Å². The average molecular weight is 453 g/mol. The number of ether oxygens (including phenoxy) is 2. The number of hydrogen-bond donors (Lipinski definition) is 4. The summed E-state index contributed by atoms with van der Waals surface area (Å²) < 4.78 is 10.4. The molecule has 174 valence electrons. The number of rotatable bonds is 6. The van der Waals surface area contributed by atoms with Gasteiger partial charge in [0, 0.05) is 23.5 Å². The quantitative estimate of drug-likeness (QED) is 0.426. The molecule has 0 aliphatic rings. The first-order chi connectivity index (χ1) is 15.7. The van der Waals surface area contributed by atoms with Gasteiger partial charge in [0.25, 0.3) is 5.91 Å². The van der Waals surface area contributed by atoms with Gasteiger partial charge in [0.15, 0.2) is 0 Å². The Morgan fingerprint density at radius 1 is 0.939 bits per heavy atom. The molecular weight excluding hydrogens is 424 g/mol. The number of hydrogen-bond acceptors (Lipinski definition) is 5. The standard InChI is InChI=1S/C24H28N4O5/c1-24(2,3)33-23(31)28-27-21(29)20(13-17-14-25-19-12-8-7-11-18(17)19)26-22(30)32-15-16-9-5-4-6-10-16/h4-12,14,20,25H,13,15H2,1-3H3,(H,26,30)(H,27,29)(H,28,31). The van der Waals surface area contributed by atoms with Crippen LogP contribution in [0.1, 0.15) is 31.9 Å². The minimum Gasteiger partial charge on any atom is -0.445 e. The van der Waals surface area contributed by atoms with Crippen LogP contribution in [-0.2, 0) is 27.3 Å². The van der Waals surface area contributed by atoms with Gasteiger partial charge < -0.3 is 19.8 Å². The minimum absolute atomic E-state index is 0.0598. The third-order valence-electron chi connectivity index (χ3n) is 4.61. The Hall–Kier alpha value is -4.01. The highest BCUT2D eigenvalue weighted by molar-refractivity contribution is 5.89. The van der Waals surface area contributed by atoms with Crippen LogP contribution in [0.15, 0.2) is 60.8 Å². The third kappa shape index (κ3) is 7.27. The summed E-state index contributed by atoms with van der Waals surface area (Å²) in [5.74, 6) is -0.622. The Morgan fingerprint density at radius 3 is 2.36 bits per heavy atom. The van der Waals surface area contributed by atoms with E-state index in [4.69, 9.17) is 9.47 Å². The molecule has 0 saturated carbocycles. The molecule has 0 saturated heterocycles. The van der Waals surface area contributed by atoms with Crippen LogP contribution in [0.4, 0.5) is 9.59 Å². The predicted octanol–water partition coefficient (Wildman–Crippen LogP) is 3.56. The third-order valence-corrected chi connectivity index (χ3v) is 4.61. The summed E-state index contributed by atoms with van der Waals surface area (Å²) in [6, 6.07) is 15.8. The van der Waals surface area contributed by atoms with E-state index < -0.39 is 29.7 Å². The number of amides is 3. The summed E-state index contributed by atoms with van der Waals surface area (Å²) in [5.41, 5.74) is 6.33. The highest BCUT2D eigenvalue weighted by atomic mass is 16.6. The van der Waals surface area contributed by atoms with Crippen molar-refractivity contribution in [3.05, 3.63) is 71.9 Å². The zero-order valence-corrected chi connectivity index (χ0v) is 18.8. The molecule has 1 heterocycles. The average Bonchev–Trinajstić information content (AvgIpc) is 3.18. The minimum atomic E-state index is -1.01. The van der Waals surface area contributed by atoms with E-state index in [-0.39, 0.29) is 13.0 Å². The van der Waals surface area contributed by atoms with E-state index in [1.165, 1.54) is 0 Å². The lowest BCUT2D eigenvalue weighted by Gasteiger charge is -2.21. The lowest BCUT2D eigenvalue weighted by Crippen LogP contribution is -2.53. The van der Waals surface area contributed by atoms with E-state index in [1.54, 1.807) is 27.0 Å². The number of nitrogens with one attached hydrogen (secondary N) is 4. The zero-order valence-electron chi connectivity index (χ0n) is 18.8. The number of aromatic amines is 1. The van der Waals surface area contributed by atoms with Crippen molar-refractivity contribution in [1.29, 1.82) is 0 Å². The van der Waals surface area contributed by atoms with Crippen molar-refractivity contribution in [2.45, 2.75) is 45.4 Å². The number of alkyl carbamates (subject to hydrolysis) is 1. The van der Waals surface area contributed by atoms with Gasteiger partial charge in [0.1, 0.15) is 18.2 Å². The van der Waals surface area contributed by atoms with E-state index in [1.807, 2.05) is 54.6 Å². The molecule has 3 rings (SSSR count). The normalized spacial score (nSPS) is 12.0. The van der Waals surface area contributed by atoms with Gasteiger partial charge in [-0.15, -0.1) is 0 Å². The molecule has 0 spiro atoms. The first-order valence-electron chi connectivity index (χ1n) is 10.5. The molecule has 0 bridgehead atoms. The van der Waals surface area contributed by atoms with Gasteiger partial charge in [-0.1, -0.05) is 48.5 Å². The van der Waals surface area contributed by atoms with Crippen LogP contribution in [-0.4, -0.2) is 34.7 Å². The first-order valence-corrected chi connectivity index (χ1v) is 10.5. The molecule has 9 nitrogen and oxygen atoms in total. The van der Waals surface area contributed by atoms with Gasteiger partial charge in [0.2, 0.25) is 0 Å². The zero-order chi connectivity index (χ0) is 23.8. The predicted molar refractivity (Wildman–Crippen MR) is 123 cm³/mol. The van der Waals surface area contributed by atoms with Gasteiger partial charge in [0.05, 0.1) is 0 Å². The van der Waals surface area contributed by atoms with Crippen LogP contribution in [0.2, 0.25) is 0 Å². The largest absolute Gasteiger partial charge is 0.445 e. The Bertz CT molecular complexity index is 1100. The monoisotopic (exact) mass is 452 g/mol. The van der Waals surface area contributed by atoms with Crippen LogP contribution in [0, 0.1) is 0 Å².